The third-order valence-corrected chi connectivity index (χ3v) is 4.29. The van der Waals surface area contributed by atoms with E-state index in [1.807, 2.05) is 25.2 Å². The van der Waals surface area contributed by atoms with Crippen LogP contribution in [-0.4, -0.2) is 43.8 Å². The Morgan fingerprint density at radius 3 is 2.81 bits per heavy atom. The van der Waals surface area contributed by atoms with Gasteiger partial charge >= 0.3 is 0 Å². The Morgan fingerprint density at radius 2 is 2.10 bits per heavy atom. The first kappa shape index (κ1) is 14.6. The van der Waals surface area contributed by atoms with Gasteiger partial charge in [0.1, 0.15) is 11.3 Å². The first-order valence-electron chi connectivity index (χ1n) is 7.70. The lowest BCUT2D eigenvalue weighted by Crippen LogP contribution is -2.49. The number of nitrogens with one attached hydrogen (secondary N) is 1. The molecule has 2 aromatic rings. The summed E-state index contributed by atoms with van der Waals surface area (Å²) in [4.78, 5) is 2.46. The Kier molecular flexibility index (Phi) is 4.29. The molecule has 1 N–H and O–H groups in total. The van der Waals surface area contributed by atoms with E-state index in [0.29, 0.717) is 6.04 Å². The van der Waals surface area contributed by atoms with Crippen molar-refractivity contribution >= 4 is 11.0 Å². The van der Waals surface area contributed by atoms with Gasteiger partial charge in [-0.2, -0.15) is 0 Å². The van der Waals surface area contributed by atoms with Crippen LogP contribution < -0.4 is 5.32 Å². The molecular weight excluding hydrogens is 264 g/mol. The highest BCUT2D eigenvalue weighted by molar-refractivity contribution is 5.77. The SMILES string of the molecule is CNC(c1cc2ccccc2o1)C1CN(C(C)C)CCO1. The smallest absolute Gasteiger partial charge is 0.134 e. The van der Waals surface area contributed by atoms with Crippen LogP contribution >= 0.6 is 0 Å². The molecule has 1 aliphatic rings. The largest absolute Gasteiger partial charge is 0.459 e. The van der Waals surface area contributed by atoms with Gasteiger partial charge in [0.05, 0.1) is 18.8 Å². The van der Waals surface area contributed by atoms with Crippen molar-refractivity contribution in [3.63, 3.8) is 0 Å². The van der Waals surface area contributed by atoms with E-state index in [1.54, 1.807) is 0 Å². The van der Waals surface area contributed by atoms with Crippen molar-refractivity contribution in [2.24, 2.45) is 0 Å². The number of ether oxygens (including phenoxy) is 1. The number of fused-ring (bicyclic) bond motifs is 1. The molecule has 4 nitrogen and oxygen atoms in total. The van der Waals surface area contributed by atoms with Crippen molar-refractivity contribution < 1.29 is 9.15 Å². The van der Waals surface area contributed by atoms with E-state index < -0.39 is 0 Å². The summed E-state index contributed by atoms with van der Waals surface area (Å²) in [6.07, 6.45) is 0.117. The van der Waals surface area contributed by atoms with Crippen molar-refractivity contribution in [2.75, 3.05) is 26.7 Å². The van der Waals surface area contributed by atoms with Gasteiger partial charge in [0.25, 0.3) is 0 Å². The summed E-state index contributed by atoms with van der Waals surface area (Å²) in [6.45, 7) is 7.18. The molecule has 2 atom stereocenters. The average molecular weight is 288 g/mol. The molecule has 1 fully saturated rings. The van der Waals surface area contributed by atoms with E-state index in [-0.39, 0.29) is 12.1 Å². The van der Waals surface area contributed by atoms with Gasteiger partial charge in [0.15, 0.2) is 0 Å². The average Bonchev–Trinajstić information content (AvgIpc) is 2.91. The summed E-state index contributed by atoms with van der Waals surface area (Å²) in [5.41, 5.74) is 0.935. The molecule has 1 aromatic heterocycles. The third kappa shape index (κ3) is 2.98. The van der Waals surface area contributed by atoms with Crippen molar-refractivity contribution in [1.82, 2.24) is 10.2 Å². The molecule has 0 aliphatic carbocycles. The van der Waals surface area contributed by atoms with Crippen LogP contribution in [0.3, 0.4) is 0 Å². The molecule has 4 heteroatoms. The zero-order valence-electron chi connectivity index (χ0n) is 13.0. The molecule has 1 saturated heterocycles. The van der Waals surface area contributed by atoms with E-state index >= 15 is 0 Å². The summed E-state index contributed by atoms with van der Waals surface area (Å²) >= 11 is 0. The second kappa shape index (κ2) is 6.18. The number of morpholine rings is 1. The van der Waals surface area contributed by atoms with E-state index in [2.05, 4.69) is 36.2 Å². The Labute approximate surface area is 126 Å². The van der Waals surface area contributed by atoms with Crippen LogP contribution in [0.5, 0.6) is 0 Å². The summed E-state index contributed by atoms with van der Waals surface area (Å²) < 4.78 is 12.0. The van der Waals surface area contributed by atoms with Crippen molar-refractivity contribution in [3.05, 3.63) is 36.1 Å². The molecule has 0 spiro atoms. The molecule has 0 amide bonds. The zero-order chi connectivity index (χ0) is 14.8. The van der Waals surface area contributed by atoms with Crippen LogP contribution in [0.25, 0.3) is 11.0 Å². The summed E-state index contributed by atoms with van der Waals surface area (Å²) in [7, 11) is 1.97. The lowest BCUT2D eigenvalue weighted by Gasteiger charge is -2.38. The Balaban J connectivity index is 1.83. The lowest BCUT2D eigenvalue weighted by atomic mass is 10.1. The third-order valence-electron chi connectivity index (χ3n) is 4.29. The second-order valence-corrected chi connectivity index (χ2v) is 5.95. The highest BCUT2D eigenvalue weighted by atomic mass is 16.5. The van der Waals surface area contributed by atoms with Gasteiger partial charge in [-0.25, -0.2) is 0 Å². The summed E-state index contributed by atoms with van der Waals surface area (Å²) in [6, 6.07) is 10.9. The fraction of sp³-hybridized carbons (Fsp3) is 0.529. The number of nitrogens with zero attached hydrogens (tertiary/aromatic N) is 1. The topological polar surface area (TPSA) is 37.6 Å². The minimum absolute atomic E-state index is 0.0824. The van der Waals surface area contributed by atoms with Crippen LogP contribution in [0, 0.1) is 0 Å². The lowest BCUT2D eigenvalue weighted by molar-refractivity contribution is -0.0577. The van der Waals surface area contributed by atoms with Crippen LogP contribution in [0.4, 0.5) is 0 Å². The van der Waals surface area contributed by atoms with Gasteiger partial charge in [0, 0.05) is 24.5 Å². The van der Waals surface area contributed by atoms with Crippen LogP contribution in [0.1, 0.15) is 25.6 Å². The van der Waals surface area contributed by atoms with E-state index in [1.165, 1.54) is 0 Å². The standard InChI is InChI=1S/C17H24N2O2/c1-12(2)19-8-9-20-16(11-19)17(18-3)15-10-13-6-4-5-7-14(13)21-15/h4-7,10,12,16-18H,8-9,11H2,1-3H3. The highest BCUT2D eigenvalue weighted by Crippen LogP contribution is 2.28. The van der Waals surface area contributed by atoms with Crippen molar-refractivity contribution in [2.45, 2.75) is 32.0 Å². The van der Waals surface area contributed by atoms with Gasteiger partial charge in [0.2, 0.25) is 0 Å². The molecule has 0 saturated carbocycles. The molecule has 2 unspecified atom stereocenters. The molecular formula is C17H24N2O2. The first-order chi connectivity index (χ1) is 10.2. The minimum Gasteiger partial charge on any atom is -0.459 e. The number of furan rings is 1. The normalized spacial score (nSPS) is 22.0. The quantitative estimate of drug-likeness (QED) is 0.939. The molecule has 1 aliphatic heterocycles. The number of hydrogen-bond acceptors (Lipinski definition) is 4. The van der Waals surface area contributed by atoms with Gasteiger partial charge < -0.3 is 14.5 Å². The predicted molar refractivity (Wildman–Crippen MR) is 84.5 cm³/mol. The van der Waals surface area contributed by atoms with Gasteiger partial charge in [-0.1, -0.05) is 18.2 Å². The number of rotatable bonds is 4. The predicted octanol–water partition coefficient (Wildman–Crippen LogP) is 2.80. The Bertz CT molecular complexity index is 560. The first-order valence-corrected chi connectivity index (χ1v) is 7.70. The second-order valence-electron chi connectivity index (χ2n) is 5.95. The highest BCUT2D eigenvalue weighted by Gasteiger charge is 2.31. The number of para-hydroxylation sites is 1. The summed E-state index contributed by atoms with van der Waals surface area (Å²) in [5.74, 6) is 0.953. The number of hydrogen-bond donors (Lipinski definition) is 1. The fourth-order valence-corrected chi connectivity index (χ4v) is 3.03. The van der Waals surface area contributed by atoms with Crippen LogP contribution in [-0.2, 0) is 4.74 Å². The van der Waals surface area contributed by atoms with Gasteiger partial charge in [-0.3, -0.25) is 4.90 Å². The summed E-state index contributed by atoms with van der Waals surface area (Å²) in [5, 5.41) is 4.51. The maximum absolute atomic E-state index is 6.01. The van der Waals surface area contributed by atoms with E-state index in [4.69, 9.17) is 9.15 Å². The minimum atomic E-state index is 0.0824. The molecule has 0 radical (unpaired) electrons. The molecule has 0 bridgehead atoms. The molecule has 1 aromatic carbocycles. The molecule has 21 heavy (non-hydrogen) atoms. The molecule has 2 heterocycles. The Hall–Kier alpha value is -1.36. The molecule has 114 valence electrons. The van der Waals surface area contributed by atoms with E-state index in [9.17, 15) is 0 Å². The maximum Gasteiger partial charge on any atom is 0.134 e. The fourth-order valence-electron chi connectivity index (χ4n) is 3.03. The van der Waals surface area contributed by atoms with Crippen molar-refractivity contribution in [3.8, 4) is 0 Å². The Morgan fingerprint density at radius 1 is 1.29 bits per heavy atom. The van der Waals surface area contributed by atoms with Crippen molar-refractivity contribution in [1.29, 1.82) is 0 Å². The van der Waals surface area contributed by atoms with Gasteiger partial charge in [-0.15, -0.1) is 0 Å². The zero-order valence-corrected chi connectivity index (χ0v) is 13.0. The monoisotopic (exact) mass is 288 g/mol. The number of benzene rings is 1. The molecule has 3 rings (SSSR count). The van der Waals surface area contributed by atoms with Crippen LogP contribution in [0.2, 0.25) is 0 Å². The van der Waals surface area contributed by atoms with Gasteiger partial charge in [-0.05, 0) is 33.0 Å². The van der Waals surface area contributed by atoms with E-state index in [0.717, 1.165) is 36.4 Å². The van der Waals surface area contributed by atoms with Crippen LogP contribution in [0.15, 0.2) is 34.7 Å². The number of likely N-dealkylation sites (N-methyl/N-ethyl adjacent to an activating group) is 1. The maximum atomic E-state index is 6.01.